The van der Waals surface area contributed by atoms with Crippen LogP contribution in [0.15, 0.2) is 0 Å². The molecule has 0 aliphatic rings. The molecule has 1 N–H and O–H groups in total. The largest absolute Gasteiger partial charge is 0.396 e. The average Bonchev–Trinajstić information content (AvgIpc) is 2.39. The molecule has 0 amide bonds. The molecule has 18 heavy (non-hydrogen) atoms. The first-order valence-corrected chi connectivity index (χ1v) is 9.61. The molecule has 0 aliphatic carbocycles. The number of aliphatic hydroxyl groups is 1. The van der Waals surface area contributed by atoms with Crippen LogP contribution in [0.25, 0.3) is 0 Å². The molecule has 0 unspecified atom stereocenters. The number of hydrogen-bond donors (Lipinski definition) is 1. The average molecular weight is 368 g/mol. The molecular formula is C16H33IO. The van der Waals surface area contributed by atoms with Crippen LogP contribution in [0.2, 0.25) is 0 Å². The zero-order chi connectivity index (χ0) is 13.3. The van der Waals surface area contributed by atoms with Crippen LogP contribution in [-0.2, 0) is 0 Å². The van der Waals surface area contributed by atoms with Crippen molar-refractivity contribution in [3.63, 3.8) is 0 Å². The van der Waals surface area contributed by atoms with E-state index in [1.54, 1.807) is 0 Å². The lowest BCUT2D eigenvalue weighted by atomic mass is 10.0. The van der Waals surface area contributed by atoms with Crippen LogP contribution < -0.4 is 0 Å². The SMILES string of the molecule is OCCCCCCCCCCCCCCCCI. The fourth-order valence-electron chi connectivity index (χ4n) is 2.33. The molecule has 0 bridgehead atoms. The zero-order valence-corrected chi connectivity index (χ0v) is 14.3. The molecule has 0 aromatic carbocycles. The Labute approximate surface area is 128 Å². The second-order valence-electron chi connectivity index (χ2n) is 5.36. The van der Waals surface area contributed by atoms with Crippen LogP contribution >= 0.6 is 22.6 Å². The standard InChI is InChI=1S/C16H33IO/c17-15-13-11-9-7-5-3-1-2-4-6-8-10-12-14-16-18/h18H,1-16H2. The van der Waals surface area contributed by atoms with Crippen LogP contribution in [0.1, 0.15) is 89.9 Å². The van der Waals surface area contributed by atoms with E-state index in [-0.39, 0.29) is 0 Å². The van der Waals surface area contributed by atoms with Crippen LogP contribution in [-0.4, -0.2) is 16.1 Å². The maximum absolute atomic E-state index is 8.66. The van der Waals surface area contributed by atoms with Crippen molar-refractivity contribution in [3.8, 4) is 0 Å². The smallest absolute Gasteiger partial charge is 0.0431 e. The number of unbranched alkanes of at least 4 members (excludes halogenated alkanes) is 13. The fraction of sp³-hybridized carbons (Fsp3) is 1.00. The minimum Gasteiger partial charge on any atom is -0.396 e. The van der Waals surface area contributed by atoms with Gasteiger partial charge in [-0.3, -0.25) is 0 Å². The summed E-state index contributed by atoms with van der Waals surface area (Å²) in [6.45, 7) is 0.373. The van der Waals surface area contributed by atoms with Gasteiger partial charge in [0.05, 0.1) is 0 Å². The molecule has 0 fully saturated rings. The maximum atomic E-state index is 8.66. The molecule has 0 aromatic heterocycles. The summed E-state index contributed by atoms with van der Waals surface area (Å²) in [4.78, 5) is 0. The molecule has 0 radical (unpaired) electrons. The van der Waals surface area contributed by atoms with Gasteiger partial charge in [-0.15, -0.1) is 0 Å². The molecule has 0 heterocycles. The van der Waals surface area contributed by atoms with Crippen molar-refractivity contribution < 1.29 is 5.11 Å². The molecule has 0 rings (SSSR count). The Morgan fingerprint density at radius 1 is 0.444 bits per heavy atom. The zero-order valence-electron chi connectivity index (χ0n) is 12.1. The first-order chi connectivity index (χ1) is 8.91. The second kappa shape index (κ2) is 17.7. The van der Waals surface area contributed by atoms with Crippen LogP contribution in [0.5, 0.6) is 0 Å². The molecule has 0 atom stereocenters. The Hall–Kier alpha value is 0.690. The minimum atomic E-state index is 0.373. The number of halogens is 1. The highest BCUT2D eigenvalue weighted by molar-refractivity contribution is 14.1. The third kappa shape index (κ3) is 16.7. The first-order valence-electron chi connectivity index (χ1n) is 8.08. The van der Waals surface area contributed by atoms with Crippen molar-refractivity contribution in [2.24, 2.45) is 0 Å². The van der Waals surface area contributed by atoms with Crippen molar-refractivity contribution in [2.45, 2.75) is 89.9 Å². The van der Waals surface area contributed by atoms with E-state index in [0.29, 0.717) is 6.61 Å². The molecule has 0 saturated heterocycles. The Morgan fingerprint density at radius 3 is 1.00 bits per heavy atom. The number of rotatable bonds is 15. The van der Waals surface area contributed by atoms with Crippen molar-refractivity contribution in [1.82, 2.24) is 0 Å². The maximum Gasteiger partial charge on any atom is 0.0431 e. The van der Waals surface area contributed by atoms with Gasteiger partial charge in [0.2, 0.25) is 0 Å². The van der Waals surface area contributed by atoms with Gasteiger partial charge >= 0.3 is 0 Å². The Morgan fingerprint density at radius 2 is 0.722 bits per heavy atom. The molecule has 110 valence electrons. The van der Waals surface area contributed by atoms with Gasteiger partial charge in [0.15, 0.2) is 0 Å². The Bertz CT molecular complexity index is 123. The molecular weight excluding hydrogens is 335 g/mol. The molecule has 1 nitrogen and oxygen atoms in total. The lowest BCUT2D eigenvalue weighted by molar-refractivity contribution is 0.282. The second-order valence-corrected chi connectivity index (χ2v) is 6.44. The van der Waals surface area contributed by atoms with E-state index in [1.807, 2.05) is 0 Å². The normalized spacial score (nSPS) is 11.0. The highest BCUT2D eigenvalue weighted by atomic mass is 127. The predicted molar refractivity (Wildman–Crippen MR) is 90.6 cm³/mol. The van der Waals surface area contributed by atoms with E-state index in [4.69, 9.17) is 5.11 Å². The summed E-state index contributed by atoms with van der Waals surface area (Å²) in [5, 5.41) is 8.66. The summed E-state index contributed by atoms with van der Waals surface area (Å²) in [5.41, 5.74) is 0. The van der Waals surface area contributed by atoms with E-state index in [2.05, 4.69) is 22.6 Å². The molecule has 0 aromatic rings. The fourth-order valence-corrected chi connectivity index (χ4v) is 2.87. The summed E-state index contributed by atoms with van der Waals surface area (Å²) < 4.78 is 1.33. The van der Waals surface area contributed by atoms with Gasteiger partial charge in [0.25, 0.3) is 0 Å². The van der Waals surface area contributed by atoms with Crippen molar-refractivity contribution in [3.05, 3.63) is 0 Å². The van der Waals surface area contributed by atoms with E-state index < -0.39 is 0 Å². The van der Waals surface area contributed by atoms with Gasteiger partial charge < -0.3 is 5.11 Å². The minimum absolute atomic E-state index is 0.373. The summed E-state index contributed by atoms with van der Waals surface area (Å²) in [6, 6.07) is 0. The molecule has 0 aliphatic heterocycles. The van der Waals surface area contributed by atoms with Gasteiger partial charge in [-0.2, -0.15) is 0 Å². The lowest BCUT2D eigenvalue weighted by Crippen LogP contribution is -1.85. The first kappa shape index (κ1) is 18.7. The van der Waals surface area contributed by atoms with E-state index in [9.17, 15) is 0 Å². The number of hydrogen-bond acceptors (Lipinski definition) is 1. The Kier molecular flexibility index (Phi) is 18.4. The van der Waals surface area contributed by atoms with Crippen molar-refractivity contribution in [1.29, 1.82) is 0 Å². The predicted octanol–water partition coefficient (Wildman–Crippen LogP) is 5.88. The van der Waals surface area contributed by atoms with Gasteiger partial charge in [-0.25, -0.2) is 0 Å². The Balaban J connectivity index is 2.86. The van der Waals surface area contributed by atoms with Gasteiger partial charge in [0.1, 0.15) is 0 Å². The molecule has 0 saturated carbocycles. The highest BCUT2D eigenvalue weighted by Gasteiger charge is 1.93. The van der Waals surface area contributed by atoms with E-state index in [0.717, 1.165) is 6.42 Å². The van der Waals surface area contributed by atoms with Crippen molar-refractivity contribution >= 4 is 22.6 Å². The van der Waals surface area contributed by atoms with Gasteiger partial charge in [0, 0.05) is 6.61 Å². The lowest BCUT2D eigenvalue weighted by Gasteiger charge is -2.02. The highest BCUT2D eigenvalue weighted by Crippen LogP contribution is 2.13. The molecule has 2 heteroatoms. The monoisotopic (exact) mass is 368 g/mol. The van der Waals surface area contributed by atoms with Crippen molar-refractivity contribution in [2.75, 3.05) is 11.0 Å². The summed E-state index contributed by atoms with van der Waals surface area (Å²) in [6.07, 6.45) is 19.3. The third-order valence-corrected chi connectivity index (χ3v) is 4.30. The van der Waals surface area contributed by atoms with Crippen LogP contribution in [0, 0.1) is 0 Å². The van der Waals surface area contributed by atoms with E-state index in [1.165, 1.54) is 87.9 Å². The quantitative estimate of drug-likeness (QED) is 0.218. The third-order valence-electron chi connectivity index (χ3n) is 3.54. The number of alkyl halides is 1. The molecule has 0 spiro atoms. The summed E-state index contributed by atoms with van der Waals surface area (Å²) in [5.74, 6) is 0. The number of aliphatic hydroxyl groups excluding tert-OH is 1. The summed E-state index contributed by atoms with van der Waals surface area (Å²) in [7, 11) is 0. The van der Waals surface area contributed by atoms with Gasteiger partial charge in [-0.05, 0) is 17.3 Å². The van der Waals surface area contributed by atoms with E-state index >= 15 is 0 Å². The topological polar surface area (TPSA) is 20.2 Å². The van der Waals surface area contributed by atoms with Gasteiger partial charge in [-0.1, -0.05) is 99.6 Å². The van der Waals surface area contributed by atoms with Crippen LogP contribution in [0.3, 0.4) is 0 Å². The summed E-state index contributed by atoms with van der Waals surface area (Å²) >= 11 is 2.47. The van der Waals surface area contributed by atoms with Crippen LogP contribution in [0.4, 0.5) is 0 Å².